The van der Waals surface area contributed by atoms with Crippen molar-refractivity contribution in [2.75, 3.05) is 24.5 Å². The lowest BCUT2D eigenvalue weighted by Crippen LogP contribution is -2.27. The molecule has 1 fully saturated rings. The van der Waals surface area contributed by atoms with Crippen LogP contribution in [0.4, 0.5) is 11.4 Å². The van der Waals surface area contributed by atoms with Gasteiger partial charge in [0.05, 0.1) is 11.4 Å². The fraction of sp³-hybridized carbons (Fsp3) is 0.417. The molecule has 1 atom stereocenters. The van der Waals surface area contributed by atoms with E-state index in [0.717, 1.165) is 12.8 Å². The van der Waals surface area contributed by atoms with E-state index in [-0.39, 0.29) is 18.8 Å². The Kier molecular flexibility index (Phi) is 2.71. The first-order valence-electron chi connectivity index (χ1n) is 5.85. The predicted molar refractivity (Wildman–Crippen MR) is 64.6 cm³/mol. The molecular weight excluding hydrogens is 236 g/mol. The van der Waals surface area contributed by atoms with Crippen LogP contribution in [-0.2, 0) is 9.53 Å². The fourth-order valence-corrected chi connectivity index (χ4v) is 2.06. The Morgan fingerprint density at radius 2 is 2.11 bits per heavy atom. The smallest absolute Gasteiger partial charge is 0.253 e. The SMILES string of the molecule is Nc1cc2c(cc1NC(=O)C1CCCO1)OCO2. The highest BCUT2D eigenvalue weighted by Gasteiger charge is 2.25. The monoisotopic (exact) mass is 250 g/mol. The van der Waals surface area contributed by atoms with Crippen LogP contribution in [0, 0.1) is 0 Å². The van der Waals surface area contributed by atoms with E-state index in [1.165, 1.54) is 0 Å². The van der Waals surface area contributed by atoms with Gasteiger partial charge < -0.3 is 25.3 Å². The number of rotatable bonds is 2. The van der Waals surface area contributed by atoms with Gasteiger partial charge in [0.15, 0.2) is 11.5 Å². The van der Waals surface area contributed by atoms with Gasteiger partial charge in [-0.25, -0.2) is 0 Å². The van der Waals surface area contributed by atoms with E-state index < -0.39 is 0 Å². The van der Waals surface area contributed by atoms with Crippen LogP contribution in [0.25, 0.3) is 0 Å². The van der Waals surface area contributed by atoms with Crippen molar-refractivity contribution < 1.29 is 19.0 Å². The van der Waals surface area contributed by atoms with E-state index in [4.69, 9.17) is 19.9 Å². The summed E-state index contributed by atoms with van der Waals surface area (Å²) in [5, 5.41) is 2.76. The van der Waals surface area contributed by atoms with Crippen molar-refractivity contribution >= 4 is 17.3 Å². The number of hydrogen-bond acceptors (Lipinski definition) is 5. The molecule has 0 radical (unpaired) electrons. The highest BCUT2D eigenvalue weighted by atomic mass is 16.7. The normalized spacial score (nSPS) is 21.0. The largest absolute Gasteiger partial charge is 0.454 e. The number of nitrogens with one attached hydrogen (secondary N) is 1. The first-order chi connectivity index (χ1) is 8.74. The lowest BCUT2D eigenvalue weighted by atomic mass is 10.2. The number of ether oxygens (including phenoxy) is 3. The summed E-state index contributed by atoms with van der Waals surface area (Å²) in [6, 6.07) is 3.32. The minimum Gasteiger partial charge on any atom is -0.454 e. The molecule has 96 valence electrons. The van der Waals surface area contributed by atoms with Gasteiger partial charge in [0.25, 0.3) is 5.91 Å². The fourth-order valence-electron chi connectivity index (χ4n) is 2.06. The van der Waals surface area contributed by atoms with E-state index >= 15 is 0 Å². The van der Waals surface area contributed by atoms with Gasteiger partial charge in [0.2, 0.25) is 6.79 Å². The Bertz CT molecular complexity index is 483. The van der Waals surface area contributed by atoms with E-state index in [2.05, 4.69) is 5.32 Å². The third-order valence-corrected chi connectivity index (χ3v) is 3.02. The highest BCUT2D eigenvalue weighted by molar-refractivity contribution is 5.97. The summed E-state index contributed by atoms with van der Waals surface area (Å²) in [5.41, 5.74) is 6.83. The summed E-state index contributed by atoms with van der Waals surface area (Å²) >= 11 is 0. The zero-order valence-corrected chi connectivity index (χ0v) is 9.77. The summed E-state index contributed by atoms with van der Waals surface area (Å²) in [7, 11) is 0. The molecule has 1 unspecified atom stereocenters. The second kappa shape index (κ2) is 4.38. The third kappa shape index (κ3) is 1.95. The zero-order valence-electron chi connectivity index (χ0n) is 9.77. The summed E-state index contributed by atoms with van der Waals surface area (Å²) < 4.78 is 15.8. The Morgan fingerprint density at radius 3 is 2.83 bits per heavy atom. The molecule has 1 aromatic carbocycles. The average molecular weight is 250 g/mol. The van der Waals surface area contributed by atoms with Gasteiger partial charge >= 0.3 is 0 Å². The highest BCUT2D eigenvalue weighted by Crippen LogP contribution is 2.38. The van der Waals surface area contributed by atoms with E-state index in [1.54, 1.807) is 12.1 Å². The van der Waals surface area contributed by atoms with Crippen LogP contribution >= 0.6 is 0 Å². The predicted octanol–water partition coefficient (Wildman–Crippen LogP) is 1.12. The quantitative estimate of drug-likeness (QED) is 0.768. The van der Waals surface area contributed by atoms with Gasteiger partial charge in [-0.05, 0) is 12.8 Å². The molecule has 0 saturated carbocycles. The molecule has 0 aromatic heterocycles. The van der Waals surface area contributed by atoms with Gasteiger partial charge in [-0.15, -0.1) is 0 Å². The summed E-state index contributed by atoms with van der Waals surface area (Å²) in [6.45, 7) is 0.812. The van der Waals surface area contributed by atoms with Crippen LogP contribution in [0.5, 0.6) is 11.5 Å². The van der Waals surface area contributed by atoms with Gasteiger partial charge in [-0.1, -0.05) is 0 Å². The molecule has 1 aromatic rings. The molecule has 2 aliphatic heterocycles. The molecule has 6 nitrogen and oxygen atoms in total. The minimum atomic E-state index is -0.380. The van der Waals surface area contributed by atoms with Crippen LogP contribution in [0.2, 0.25) is 0 Å². The van der Waals surface area contributed by atoms with E-state index in [9.17, 15) is 4.79 Å². The molecule has 6 heteroatoms. The number of nitrogen functional groups attached to an aromatic ring is 1. The van der Waals surface area contributed by atoms with E-state index in [1.807, 2.05) is 0 Å². The lowest BCUT2D eigenvalue weighted by molar-refractivity contribution is -0.124. The second-order valence-electron chi connectivity index (χ2n) is 4.28. The molecule has 18 heavy (non-hydrogen) atoms. The van der Waals surface area contributed by atoms with Crippen molar-refractivity contribution in [2.45, 2.75) is 18.9 Å². The average Bonchev–Trinajstić information content (AvgIpc) is 2.98. The number of fused-ring (bicyclic) bond motifs is 1. The number of anilines is 2. The maximum Gasteiger partial charge on any atom is 0.253 e. The molecule has 1 amide bonds. The lowest BCUT2D eigenvalue weighted by Gasteiger charge is -2.12. The zero-order chi connectivity index (χ0) is 12.5. The van der Waals surface area contributed by atoms with Gasteiger partial charge in [0, 0.05) is 18.7 Å². The van der Waals surface area contributed by atoms with Gasteiger partial charge in [-0.3, -0.25) is 4.79 Å². The van der Waals surface area contributed by atoms with Gasteiger partial charge in [0.1, 0.15) is 6.10 Å². The van der Waals surface area contributed by atoms with Crippen LogP contribution < -0.4 is 20.5 Å². The van der Waals surface area contributed by atoms with Gasteiger partial charge in [-0.2, -0.15) is 0 Å². The number of benzene rings is 1. The molecule has 2 heterocycles. The van der Waals surface area contributed by atoms with Crippen LogP contribution in [0.3, 0.4) is 0 Å². The molecule has 0 bridgehead atoms. The molecule has 3 rings (SSSR count). The molecule has 0 spiro atoms. The molecular formula is C12H14N2O4. The van der Waals surface area contributed by atoms with Crippen LogP contribution in [0.1, 0.15) is 12.8 Å². The number of nitrogens with two attached hydrogens (primary N) is 1. The van der Waals surface area contributed by atoms with Crippen molar-refractivity contribution in [3.8, 4) is 11.5 Å². The minimum absolute atomic E-state index is 0.168. The first-order valence-corrected chi connectivity index (χ1v) is 5.85. The first kappa shape index (κ1) is 11.2. The molecule has 2 aliphatic rings. The van der Waals surface area contributed by atoms with Crippen LogP contribution in [0.15, 0.2) is 12.1 Å². The van der Waals surface area contributed by atoms with Crippen molar-refractivity contribution in [1.82, 2.24) is 0 Å². The Balaban J connectivity index is 1.78. The third-order valence-electron chi connectivity index (χ3n) is 3.02. The maximum atomic E-state index is 11.9. The van der Waals surface area contributed by atoms with Crippen molar-refractivity contribution in [3.63, 3.8) is 0 Å². The number of hydrogen-bond donors (Lipinski definition) is 2. The summed E-state index contributed by atoms with van der Waals surface area (Å²) in [4.78, 5) is 11.9. The summed E-state index contributed by atoms with van der Waals surface area (Å²) in [5.74, 6) is 1.02. The van der Waals surface area contributed by atoms with Crippen LogP contribution in [-0.4, -0.2) is 25.4 Å². The Morgan fingerprint density at radius 1 is 1.33 bits per heavy atom. The maximum absolute atomic E-state index is 11.9. The number of carbonyl (C=O) groups excluding carboxylic acids is 1. The second-order valence-corrected chi connectivity index (χ2v) is 4.28. The number of amides is 1. The molecule has 0 aliphatic carbocycles. The molecule has 1 saturated heterocycles. The Hall–Kier alpha value is -1.95. The van der Waals surface area contributed by atoms with Crippen molar-refractivity contribution in [2.24, 2.45) is 0 Å². The van der Waals surface area contributed by atoms with E-state index in [0.29, 0.717) is 29.5 Å². The summed E-state index contributed by atoms with van der Waals surface area (Å²) in [6.07, 6.45) is 1.28. The Labute approximate surface area is 104 Å². The topological polar surface area (TPSA) is 82.8 Å². The number of carbonyl (C=O) groups is 1. The van der Waals surface area contributed by atoms with Crippen molar-refractivity contribution in [1.29, 1.82) is 0 Å². The standard InChI is InChI=1S/C12H14N2O4/c13-7-4-10-11(18-6-17-10)5-8(7)14-12(15)9-2-1-3-16-9/h4-5,9H,1-3,6,13H2,(H,14,15). The van der Waals surface area contributed by atoms with Crippen molar-refractivity contribution in [3.05, 3.63) is 12.1 Å². The molecule has 3 N–H and O–H groups in total.